The number of carbonyl (C=O) groups is 2. The van der Waals surface area contributed by atoms with E-state index in [4.69, 9.17) is 21.5 Å². The number of hydrogen-bond donors (Lipinski definition) is 1. The van der Waals surface area contributed by atoms with Crippen LogP contribution in [-0.2, 0) is 19.6 Å². The van der Waals surface area contributed by atoms with Gasteiger partial charge >= 0.3 is 5.97 Å². The zero-order valence-corrected chi connectivity index (χ0v) is 20.6. The first-order valence-electron chi connectivity index (χ1n) is 10.6. The van der Waals surface area contributed by atoms with Gasteiger partial charge in [0.05, 0.1) is 23.4 Å². The Balaban J connectivity index is 1.82. The van der Waals surface area contributed by atoms with Crippen molar-refractivity contribution in [2.45, 2.75) is 4.90 Å². The second-order valence-corrected chi connectivity index (χ2v) is 9.67. The Morgan fingerprint density at radius 1 is 1.00 bits per heavy atom. The Morgan fingerprint density at radius 2 is 1.64 bits per heavy atom. The van der Waals surface area contributed by atoms with Crippen molar-refractivity contribution in [3.63, 3.8) is 0 Å². The number of halogens is 1. The zero-order valence-electron chi connectivity index (χ0n) is 19.0. The number of hydrogen-bond acceptors (Lipinski definition) is 6. The summed E-state index contributed by atoms with van der Waals surface area (Å²) in [6.45, 7) is -0.314. The number of esters is 1. The summed E-state index contributed by atoms with van der Waals surface area (Å²) in [5, 5.41) is 10.3. The molecule has 36 heavy (non-hydrogen) atoms. The molecule has 1 aromatic heterocycles. The van der Waals surface area contributed by atoms with E-state index in [1.165, 1.54) is 41.0 Å². The van der Waals surface area contributed by atoms with Crippen molar-refractivity contribution >= 4 is 39.2 Å². The van der Waals surface area contributed by atoms with E-state index in [9.17, 15) is 18.0 Å². The molecule has 0 fully saturated rings. The van der Waals surface area contributed by atoms with E-state index in [2.05, 4.69) is 5.10 Å². The van der Waals surface area contributed by atoms with Crippen molar-refractivity contribution in [3.8, 4) is 16.9 Å². The minimum Gasteiger partial charge on any atom is -0.468 e. The molecule has 0 unspecified atom stereocenters. The lowest BCUT2D eigenvalue weighted by Gasteiger charge is -2.20. The van der Waals surface area contributed by atoms with Crippen molar-refractivity contribution < 1.29 is 22.7 Å². The average molecular weight is 525 g/mol. The zero-order chi connectivity index (χ0) is 25.9. The number of rotatable bonds is 7. The van der Waals surface area contributed by atoms with Gasteiger partial charge in [0.1, 0.15) is 6.54 Å². The molecule has 1 heterocycles. The number of methoxy groups -OCH3 is 1. The van der Waals surface area contributed by atoms with Gasteiger partial charge in [-0.25, -0.2) is 18.2 Å². The van der Waals surface area contributed by atoms with Crippen LogP contribution in [0.4, 0.5) is 5.69 Å². The molecule has 0 aliphatic carbocycles. The predicted molar refractivity (Wildman–Crippen MR) is 136 cm³/mol. The van der Waals surface area contributed by atoms with E-state index < -0.39 is 21.9 Å². The van der Waals surface area contributed by atoms with Gasteiger partial charge in [0.2, 0.25) is 10.0 Å². The van der Waals surface area contributed by atoms with Gasteiger partial charge in [0, 0.05) is 16.3 Å². The van der Waals surface area contributed by atoms with Gasteiger partial charge < -0.3 is 4.74 Å². The summed E-state index contributed by atoms with van der Waals surface area (Å²) >= 11 is 6.05. The van der Waals surface area contributed by atoms with Gasteiger partial charge in [-0.1, -0.05) is 41.9 Å². The Bertz CT molecular complexity index is 1500. The number of nitrogens with two attached hydrogens (primary N) is 1. The molecule has 0 radical (unpaired) electrons. The fourth-order valence-corrected chi connectivity index (χ4v) is 4.15. The molecule has 2 N–H and O–H groups in total. The van der Waals surface area contributed by atoms with Crippen LogP contribution < -0.4 is 10.0 Å². The number of nitrogens with zero attached hydrogens (tertiary/aromatic N) is 3. The van der Waals surface area contributed by atoms with Crippen LogP contribution in [0.1, 0.15) is 10.5 Å². The van der Waals surface area contributed by atoms with E-state index >= 15 is 0 Å². The van der Waals surface area contributed by atoms with Crippen LogP contribution in [0.2, 0.25) is 5.02 Å². The van der Waals surface area contributed by atoms with Crippen molar-refractivity contribution in [2.75, 3.05) is 18.6 Å². The minimum absolute atomic E-state index is 0.0585. The molecular formula is C25H21ClN4O5S. The maximum Gasteiger partial charge on any atom is 0.325 e. The molecule has 4 rings (SSSR count). The van der Waals surface area contributed by atoms with E-state index in [1.807, 2.05) is 0 Å². The highest BCUT2D eigenvalue weighted by Gasteiger charge is 2.25. The number of amides is 1. The van der Waals surface area contributed by atoms with E-state index in [-0.39, 0.29) is 17.1 Å². The summed E-state index contributed by atoms with van der Waals surface area (Å²) in [5.41, 5.74) is 2.30. The first-order chi connectivity index (χ1) is 17.2. The molecule has 1 amide bonds. The highest BCUT2D eigenvalue weighted by molar-refractivity contribution is 7.89. The number of aromatic nitrogens is 2. The summed E-state index contributed by atoms with van der Waals surface area (Å²) < 4.78 is 29.6. The third-order valence-electron chi connectivity index (χ3n) is 5.31. The molecular weight excluding hydrogens is 504 g/mol. The second kappa shape index (κ2) is 10.3. The minimum atomic E-state index is -3.88. The molecule has 0 aliphatic heterocycles. The fraction of sp³-hybridized carbons (Fsp3) is 0.0800. The summed E-state index contributed by atoms with van der Waals surface area (Å²) in [4.78, 5) is 26.9. The van der Waals surface area contributed by atoms with Gasteiger partial charge in [-0.05, 0) is 54.6 Å². The lowest BCUT2D eigenvalue weighted by molar-refractivity contribution is -0.138. The van der Waals surface area contributed by atoms with Gasteiger partial charge in [-0.15, -0.1) is 0 Å². The second-order valence-electron chi connectivity index (χ2n) is 7.68. The number of anilines is 1. The monoisotopic (exact) mass is 524 g/mol. The fourth-order valence-electron chi connectivity index (χ4n) is 3.51. The van der Waals surface area contributed by atoms with Crippen LogP contribution in [0.3, 0.4) is 0 Å². The summed E-state index contributed by atoms with van der Waals surface area (Å²) in [7, 11) is -2.64. The highest BCUT2D eigenvalue weighted by atomic mass is 35.5. The summed E-state index contributed by atoms with van der Waals surface area (Å²) in [6, 6.07) is 23.0. The number of sulfonamides is 1. The number of para-hydroxylation sites is 1. The Hall–Kier alpha value is -3.99. The van der Waals surface area contributed by atoms with Crippen LogP contribution in [0.5, 0.6) is 0 Å². The van der Waals surface area contributed by atoms with E-state index in [0.29, 0.717) is 27.7 Å². The molecule has 0 saturated carbocycles. The highest BCUT2D eigenvalue weighted by Crippen LogP contribution is 2.27. The third kappa shape index (κ3) is 5.46. The lowest BCUT2D eigenvalue weighted by Crippen LogP contribution is -2.36. The molecule has 11 heteroatoms. The molecule has 4 aromatic rings. The average Bonchev–Trinajstić information content (AvgIpc) is 3.33. The van der Waals surface area contributed by atoms with Crippen LogP contribution >= 0.6 is 11.6 Å². The van der Waals surface area contributed by atoms with E-state index in [1.54, 1.807) is 60.7 Å². The first-order valence-corrected chi connectivity index (χ1v) is 12.5. The number of benzene rings is 3. The van der Waals surface area contributed by atoms with Gasteiger partial charge in [0.15, 0.2) is 5.69 Å². The van der Waals surface area contributed by atoms with Crippen molar-refractivity contribution in [1.82, 2.24) is 9.78 Å². The Morgan fingerprint density at radius 3 is 2.22 bits per heavy atom. The third-order valence-corrected chi connectivity index (χ3v) is 6.49. The quantitative estimate of drug-likeness (QED) is 0.368. The van der Waals surface area contributed by atoms with Crippen molar-refractivity contribution in [2.24, 2.45) is 5.14 Å². The molecule has 9 nitrogen and oxygen atoms in total. The predicted octanol–water partition coefficient (Wildman–Crippen LogP) is 3.66. The number of ether oxygens (including phenoxy) is 1. The van der Waals surface area contributed by atoms with Crippen LogP contribution in [-0.4, -0.2) is 43.7 Å². The molecule has 3 aromatic carbocycles. The van der Waals surface area contributed by atoms with Crippen LogP contribution in [0, 0.1) is 0 Å². The van der Waals surface area contributed by atoms with Crippen molar-refractivity contribution in [3.05, 3.63) is 95.6 Å². The summed E-state index contributed by atoms with van der Waals surface area (Å²) in [6.07, 6.45) is 0. The molecule has 184 valence electrons. The molecule has 0 atom stereocenters. The number of primary sulfonamides is 1. The van der Waals surface area contributed by atoms with Crippen LogP contribution in [0.15, 0.2) is 89.8 Å². The standard InChI is InChI=1S/C25H21ClN4O5S/c1-35-24(31)16-29(19-5-3-2-4-6-19)25(32)22-15-23(17-7-9-18(26)10-8-17)30(28-22)20-11-13-21(14-12-20)36(27,33)34/h2-15H,16H2,1H3,(H2,27,33,34). The molecule has 0 aliphatic rings. The maximum absolute atomic E-state index is 13.6. The lowest BCUT2D eigenvalue weighted by atomic mass is 10.1. The van der Waals surface area contributed by atoms with E-state index in [0.717, 1.165) is 0 Å². The topological polar surface area (TPSA) is 125 Å². The van der Waals surface area contributed by atoms with Crippen molar-refractivity contribution in [1.29, 1.82) is 0 Å². The number of carbonyl (C=O) groups excluding carboxylic acids is 2. The maximum atomic E-state index is 13.6. The molecule has 0 saturated heterocycles. The Kier molecular flexibility index (Phi) is 7.20. The normalized spacial score (nSPS) is 11.2. The SMILES string of the molecule is COC(=O)CN(C(=O)c1cc(-c2ccc(Cl)cc2)n(-c2ccc(S(N)(=O)=O)cc2)n1)c1ccccc1. The van der Waals surface area contributed by atoms with Gasteiger partial charge in [-0.2, -0.15) is 5.10 Å². The molecule has 0 bridgehead atoms. The largest absolute Gasteiger partial charge is 0.468 e. The van der Waals surface area contributed by atoms with Gasteiger partial charge in [-0.3, -0.25) is 14.5 Å². The van der Waals surface area contributed by atoms with Gasteiger partial charge in [0.25, 0.3) is 5.91 Å². The molecule has 0 spiro atoms. The Labute approximate surface area is 212 Å². The smallest absolute Gasteiger partial charge is 0.325 e. The summed E-state index contributed by atoms with van der Waals surface area (Å²) in [5.74, 6) is -1.12. The first kappa shape index (κ1) is 25.1. The van der Waals surface area contributed by atoms with Crippen LogP contribution in [0.25, 0.3) is 16.9 Å².